The number of carbonyl (C=O) groups excluding carboxylic acids is 1. The van der Waals surface area contributed by atoms with Gasteiger partial charge in [0.1, 0.15) is 0 Å². The molecule has 0 fully saturated rings. The van der Waals surface area contributed by atoms with Gasteiger partial charge >= 0.3 is 0 Å². The molecule has 0 radical (unpaired) electrons. The number of nitrogens with one attached hydrogen (secondary N) is 1. The van der Waals surface area contributed by atoms with Crippen LogP contribution in [0.2, 0.25) is 0 Å². The molecular weight excluding hydrogens is 332 g/mol. The Kier molecular flexibility index (Phi) is 18.4. The second kappa shape index (κ2) is 18.8. The molecule has 3 nitrogen and oxygen atoms in total. The van der Waals surface area contributed by atoms with Crippen LogP contribution in [0.15, 0.2) is 0 Å². The summed E-state index contributed by atoms with van der Waals surface area (Å²) in [6.07, 6.45) is 22.2. The van der Waals surface area contributed by atoms with E-state index in [4.69, 9.17) is 5.73 Å². The largest absolute Gasteiger partial charge is 0.354 e. The van der Waals surface area contributed by atoms with Crippen LogP contribution < -0.4 is 11.1 Å². The Bertz CT molecular complexity index is 324. The molecule has 0 spiro atoms. The highest BCUT2D eigenvalue weighted by atomic mass is 16.1. The molecule has 0 aliphatic carbocycles. The Labute approximate surface area is 170 Å². The molecule has 3 heteroatoms. The molecule has 3 N–H and O–H groups in total. The van der Waals surface area contributed by atoms with Crippen molar-refractivity contribution >= 4 is 5.91 Å². The van der Waals surface area contributed by atoms with Crippen molar-refractivity contribution < 1.29 is 4.79 Å². The van der Waals surface area contributed by atoms with Crippen molar-refractivity contribution in [3.05, 3.63) is 0 Å². The first-order chi connectivity index (χ1) is 13.1. The van der Waals surface area contributed by atoms with Gasteiger partial charge in [-0.2, -0.15) is 0 Å². The van der Waals surface area contributed by atoms with E-state index in [1.807, 2.05) is 0 Å². The van der Waals surface area contributed by atoms with E-state index in [2.05, 4.69) is 26.1 Å². The second-order valence-corrected chi connectivity index (χ2v) is 8.63. The highest BCUT2D eigenvalue weighted by Crippen LogP contribution is 2.16. The van der Waals surface area contributed by atoms with E-state index >= 15 is 0 Å². The fourth-order valence-corrected chi connectivity index (χ4v) is 3.96. The number of carbonyl (C=O) groups is 1. The van der Waals surface area contributed by atoms with Gasteiger partial charge in [0, 0.05) is 18.5 Å². The molecule has 0 saturated heterocycles. The summed E-state index contributed by atoms with van der Waals surface area (Å²) in [7, 11) is 0. The van der Waals surface area contributed by atoms with E-state index in [0.717, 1.165) is 32.1 Å². The first kappa shape index (κ1) is 26.4. The standard InChI is InChI=1S/C24H50N2O/c1-4-7-8-9-10-11-12-13-14-15-16-17-18-19-23(27)26-22-24(25,20-5-2)21-6-3/h4-22,25H2,1-3H3,(H,26,27). The van der Waals surface area contributed by atoms with Crippen LogP contribution in [-0.2, 0) is 4.79 Å². The monoisotopic (exact) mass is 382 g/mol. The van der Waals surface area contributed by atoms with Crippen LogP contribution in [0.25, 0.3) is 0 Å². The highest BCUT2D eigenvalue weighted by molar-refractivity contribution is 5.75. The lowest BCUT2D eigenvalue weighted by atomic mass is 9.89. The Morgan fingerprint density at radius 1 is 0.667 bits per heavy atom. The molecule has 162 valence electrons. The summed E-state index contributed by atoms with van der Waals surface area (Å²) in [5.41, 5.74) is 6.21. The highest BCUT2D eigenvalue weighted by Gasteiger charge is 2.23. The van der Waals surface area contributed by atoms with E-state index in [-0.39, 0.29) is 11.4 Å². The first-order valence-electron chi connectivity index (χ1n) is 12.1. The molecule has 0 heterocycles. The topological polar surface area (TPSA) is 55.1 Å². The maximum atomic E-state index is 12.0. The summed E-state index contributed by atoms with van der Waals surface area (Å²) in [6.45, 7) is 7.23. The fraction of sp³-hybridized carbons (Fsp3) is 0.958. The van der Waals surface area contributed by atoms with Crippen molar-refractivity contribution in [2.45, 2.75) is 142 Å². The lowest BCUT2D eigenvalue weighted by Gasteiger charge is -2.29. The predicted molar refractivity (Wildman–Crippen MR) is 120 cm³/mol. The predicted octanol–water partition coefficient (Wildman–Crippen LogP) is 6.88. The van der Waals surface area contributed by atoms with E-state index in [0.29, 0.717) is 13.0 Å². The fourth-order valence-electron chi connectivity index (χ4n) is 3.96. The summed E-state index contributed by atoms with van der Waals surface area (Å²) >= 11 is 0. The van der Waals surface area contributed by atoms with E-state index in [1.54, 1.807) is 0 Å². The van der Waals surface area contributed by atoms with Crippen LogP contribution in [-0.4, -0.2) is 18.0 Å². The minimum absolute atomic E-state index is 0.181. The Hall–Kier alpha value is -0.570. The molecule has 0 bridgehead atoms. The van der Waals surface area contributed by atoms with Gasteiger partial charge in [0.15, 0.2) is 0 Å². The minimum Gasteiger partial charge on any atom is -0.354 e. The number of rotatable bonds is 20. The summed E-state index contributed by atoms with van der Waals surface area (Å²) in [5.74, 6) is 0.181. The summed E-state index contributed by atoms with van der Waals surface area (Å²) in [6, 6.07) is 0. The van der Waals surface area contributed by atoms with Crippen LogP contribution in [0, 0.1) is 0 Å². The normalized spacial score (nSPS) is 11.7. The van der Waals surface area contributed by atoms with Gasteiger partial charge in [-0.15, -0.1) is 0 Å². The third-order valence-electron chi connectivity index (χ3n) is 5.64. The van der Waals surface area contributed by atoms with Gasteiger partial charge in [-0.1, -0.05) is 111 Å². The number of hydrogen-bond acceptors (Lipinski definition) is 2. The third-order valence-corrected chi connectivity index (χ3v) is 5.64. The van der Waals surface area contributed by atoms with Gasteiger partial charge in [-0.05, 0) is 19.3 Å². The maximum Gasteiger partial charge on any atom is 0.220 e. The van der Waals surface area contributed by atoms with Crippen molar-refractivity contribution in [3.63, 3.8) is 0 Å². The van der Waals surface area contributed by atoms with Crippen LogP contribution in [0.1, 0.15) is 136 Å². The van der Waals surface area contributed by atoms with Crippen LogP contribution in [0.5, 0.6) is 0 Å². The van der Waals surface area contributed by atoms with Gasteiger partial charge in [0.2, 0.25) is 5.91 Å². The van der Waals surface area contributed by atoms with Crippen molar-refractivity contribution in [1.82, 2.24) is 5.32 Å². The molecule has 0 saturated carbocycles. The Morgan fingerprint density at radius 2 is 1.07 bits per heavy atom. The first-order valence-corrected chi connectivity index (χ1v) is 12.1. The molecule has 0 aliphatic heterocycles. The smallest absolute Gasteiger partial charge is 0.220 e. The van der Waals surface area contributed by atoms with E-state index < -0.39 is 0 Å². The summed E-state index contributed by atoms with van der Waals surface area (Å²) in [5, 5.41) is 3.07. The molecule has 0 atom stereocenters. The molecule has 0 aromatic carbocycles. The summed E-state index contributed by atoms with van der Waals surface area (Å²) < 4.78 is 0. The lowest BCUT2D eigenvalue weighted by Crippen LogP contribution is -2.50. The van der Waals surface area contributed by atoms with Gasteiger partial charge in [-0.25, -0.2) is 0 Å². The SMILES string of the molecule is CCCCCCCCCCCCCCCC(=O)NCC(N)(CCC)CCC. The maximum absolute atomic E-state index is 12.0. The van der Waals surface area contributed by atoms with E-state index in [9.17, 15) is 4.79 Å². The van der Waals surface area contributed by atoms with Gasteiger partial charge < -0.3 is 11.1 Å². The van der Waals surface area contributed by atoms with Crippen LogP contribution in [0.4, 0.5) is 0 Å². The Morgan fingerprint density at radius 3 is 1.48 bits per heavy atom. The quantitative estimate of drug-likeness (QED) is 0.225. The number of hydrogen-bond donors (Lipinski definition) is 2. The molecular formula is C24H50N2O. The van der Waals surface area contributed by atoms with Crippen molar-refractivity contribution in [1.29, 1.82) is 0 Å². The average Bonchev–Trinajstić information content (AvgIpc) is 2.64. The van der Waals surface area contributed by atoms with E-state index in [1.165, 1.54) is 77.0 Å². The van der Waals surface area contributed by atoms with Gasteiger partial charge in [0.25, 0.3) is 0 Å². The molecule has 0 aromatic heterocycles. The summed E-state index contributed by atoms with van der Waals surface area (Å²) in [4.78, 5) is 12.0. The molecule has 0 aliphatic rings. The van der Waals surface area contributed by atoms with Crippen LogP contribution in [0.3, 0.4) is 0 Å². The number of nitrogens with two attached hydrogens (primary N) is 1. The zero-order valence-electron chi connectivity index (χ0n) is 18.9. The molecule has 0 rings (SSSR count). The number of unbranched alkanes of at least 4 members (excludes halogenated alkanes) is 12. The second-order valence-electron chi connectivity index (χ2n) is 8.63. The lowest BCUT2D eigenvalue weighted by molar-refractivity contribution is -0.121. The minimum atomic E-state index is -0.213. The van der Waals surface area contributed by atoms with Gasteiger partial charge in [-0.3, -0.25) is 4.79 Å². The molecule has 0 aromatic rings. The van der Waals surface area contributed by atoms with Crippen LogP contribution >= 0.6 is 0 Å². The third kappa shape index (κ3) is 17.3. The molecule has 0 unspecified atom stereocenters. The van der Waals surface area contributed by atoms with Crippen molar-refractivity contribution in [2.75, 3.05) is 6.54 Å². The van der Waals surface area contributed by atoms with Crippen molar-refractivity contribution in [3.8, 4) is 0 Å². The zero-order valence-corrected chi connectivity index (χ0v) is 18.9. The molecule has 1 amide bonds. The van der Waals surface area contributed by atoms with Gasteiger partial charge in [0.05, 0.1) is 0 Å². The zero-order chi connectivity index (χ0) is 20.2. The number of amides is 1. The Balaban J connectivity index is 3.45. The molecule has 27 heavy (non-hydrogen) atoms. The van der Waals surface area contributed by atoms with Crippen molar-refractivity contribution in [2.24, 2.45) is 5.73 Å². The average molecular weight is 383 g/mol.